The molecule has 0 spiro atoms. The molecule has 3 atom stereocenters. The standard InChI is InChI=1S/C16H12O5/c1-7-12-13(16-10(20-7)6-11(17)21-16)15(19)9-5-3-2-4-8(9)14(12)18/h2-5,7,10,16H,6H2,1H3/t7-,10-,16+/m1/s1. The average molecular weight is 284 g/mol. The van der Waals surface area contributed by atoms with Crippen molar-refractivity contribution in [3.8, 4) is 0 Å². The zero-order chi connectivity index (χ0) is 14.7. The molecule has 4 rings (SSSR count). The molecule has 1 saturated heterocycles. The van der Waals surface area contributed by atoms with Gasteiger partial charge in [0.1, 0.15) is 6.10 Å². The van der Waals surface area contributed by atoms with Crippen LogP contribution < -0.4 is 0 Å². The summed E-state index contributed by atoms with van der Waals surface area (Å²) in [7, 11) is 0. The van der Waals surface area contributed by atoms with Crippen molar-refractivity contribution >= 4 is 17.5 Å². The first-order valence-electron chi connectivity index (χ1n) is 6.85. The Morgan fingerprint density at radius 2 is 1.62 bits per heavy atom. The summed E-state index contributed by atoms with van der Waals surface area (Å²) in [5, 5.41) is 0. The molecule has 0 aromatic heterocycles. The normalized spacial score (nSPS) is 30.7. The van der Waals surface area contributed by atoms with E-state index in [1.165, 1.54) is 0 Å². The monoisotopic (exact) mass is 284 g/mol. The van der Waals surface area contributed by atoms with Crippen LogP contribution in [0.15, 0.2) is 35.4 Å². The molecule has 21 heavy (non-hydrogen) atoms. The fraction of sp³-hybridized carbons (Fsp3) is 0.312. The third-order valence-corrected chi connectivity index (χ3v) is 4.23. The van der Waals surface area contributed by atoms with E-state index in [4.69, 9.17) is 9.47 Å². The molecule has 3 aliphatic rings. The van der Waals surface area contributed by atoms with Crippen molar-refractivity contribution in [2.75, 3.05) is 0 Å². The number of hydrogen-bond donors (Lipinski definition) is 0. The van der Waals surface area contributed by atoms with Gasteiger partial charge in [-0.2, -0.15) is 0 Å². The van der Waals surface area contributed by atoms with Crippen LogP contribution >= 0.6 is 0 Å². The number of fused-ring (bicyclic) bond motifs is 3. The van der Waals surface area contributed by atoms with Crippen molar-refractivity contribution in [3.63, 3.8) is 0 Å². The Balaban J connectivity index is 1.93. The zero-order valence-corrected chi connectivity index (χ0v) is 11.3. The molecule has 0 saturated carbocycles. The summed E-state index contributed by atoms with van der Waals surface area (Å²) in [4.78, 5) is 36.9. The van der Waals surface area contributed by atoms with E-state index in [1.54, 1.807) is 31.2 Å². The van der Waals surface area contributed by atoms with Gasteiger partial charge in [0.25, 0.3) is 0 Å². The highest BCUT2D eigenvalue weighted by Crippen LogP contribution is 2.40. The van der Waals surface area contributed by atoms with E-state index in [9.17, 15) is 14.4 Å². The maximum atomic E-state index is 12.7. The molecule has 106 valence electrons. The summed E-state index contributed by atoms with van der Waals surface area (Å²) in [5.74, 6) is -0.848. The van der Waals surface area contributed by atoms with Gasteiger partial charge >= 0.3 is 5.97 Å². The number of rotatable bonds is 0. The van der Waals surface area contributed by atoms with Gasteiger partial charge in [-0.05, 0) is 6.92 Å². The SMILES string of the molecule is C[C@H]1O[C@@H]2CC(=O)O[C@@H]2C2=C1C(=O)c1ccccc1C2=O. The van der Waals surface area contributed by atoms with E-state index in [2.05, 4.69) is 0 Å². The molecular formula is C16H12O5. The van der Waals surface area contributed by atoms with Crippen LogP contribution in [0.25, 0.3) is 0 Å². The second-order valence-corrected chi connectivity index (χ2v) is 5.46. The van der Waals surface area contributed by atoms with Gasteiger partial charge in [0.2, 0.25) is 0 Å². The molecule has 1 aromatic carbocycles. The minimum Gasteiger partial charge on any atom is -0.454 e. The Hall–Kier alpha value is -2.27. The topological polar surface area (TPSA) is 69.7 Å². The predicted molar refractivity (Wildman–Crippen MR) is 71.0 cm³/mol. The van der Waals surface area contributed by atoms with Gasteiger partial charge in [-0.15, -0.1) is 0 Å². The van der Waals surface area contributed by atoms with E-state index < -0.39 is 24.3 Å². The summed E-state index contributed by atoms with van der Waals surface area (Å²) < 4.78 is 10.9. The Labute approximate surface area is 120 Å². The number of ether oxygens (including phenoxy) is 2. The first-order valence-corrected chi connectivity index (χ1v) is 6.85. The Morgan fingerprint density at radius 1 is 1.00 bits per heavy atom. The zero-order valence-electron chi connectivity index (χ0n) is 11.3. The first-order chi connectivity index (χ1) is 10.1. The van der Waals surface area contributed by atoms with Gasteiger partial charge in [0.15, 0.2) is 17.7 Å². The lowest BCUT2D eigenvalue weighted by atomic mass is 9.77. The molecule has 1 aromatic rings. The maximum Gasteiger partial charge on any atom is 0.309 e. The molecule has 2 heterocycles. The van der Waals surface area contributed by atoms with Crippen molar-refractivity contribution in [1.29, 1.82) is 0 Å². The molecule has 1 fully saturated rings. The quantitative estimate of drug-likeness (QED) is 0.675. The summed E-state index contributed by atoms with van der Waals surface area (Å²) in [6.07, 6.45) is -1.63. The van der Waals surface area contributed by atoms with Crippen LogP contribution in [0, 0.1) is 0 Å². The second kappa shape index (κ2) is 4.11. The second-order valence-electron chi connectivity index (χ2n) is 5.46. The predicted octanol–water partition coefficient (Wildman–Crippen LogP) is 1.47. The Morgan fingerprint density at radius 3 is 2.29 bits per heavy atom. The molecule has 0 radical (unpaired) electrons. The molecule has 1 aliphatic carbocycles. The Bertz CT molecular complexity index is 730. The number of benzene rings is 1. The smallest absolute Gasteiger partial charge is 0.309 e. The lowest BCUT2D eigenvalue weighted by Gasteiger charge is -2.35. The maximum absolute atomic E-state index is 12.7. The van der Waals surface area contributed by atoms with Crippen LogP contribution in [0.1, 0.15) is 34.1 Å². The van der Waals surface area contributed by atoms with Crippen LogP contribution in [0.3, 0.4) is 0 Å². The van der Waals surface area contributed by atoms with Gasteiger partial charge in [0.05, 0.1) is 18.1 Å². The highest BCUT2D eigenvalue weighted by Gasteiger charge is 2.50. The highest BCUT2D eigenvalue weighted by atomic mass is 16.6. The number of Topliss-reactive ketones (excluding diaryl/α,β-unsaturated/α-hetero) is 2. The molecule has 2 aliphatic heterocycles. The summed E-state index contributed by atoms with van der Waals surface area (Å²) >= 11 is 0. The lowest BCUT2D eigenvalue weighted by molar-refractivity contribution is -0.140. The van der Waals surface area contributed by atoms with E-state index >= 15 is 0 Å². The molecule has 5 heteroatoms. The fourth-order valence-corrected chi connectivity index (χ4v) is 3.33. The fourth-order valence-electron chi connectivity index (χ4n) is 3.33. The molecule has 5 nitrogen and oxygen atoms in total. The van der Waals surface area contributed by atoms with Crippen molar-refractivity contribution in [1.82, 2.24) is 0 Å². The van der Waals surface area contributed by atoms with Gasteiger partial charge in [-0.25, -0.2) is 0 Å². The van der Waals surface area contributed by atoms with Crippen LogP contribution in [-0.4, -0.2) is 35.8 Å². The van der Waals surface area contributed by atoms with Crippen LogP contribution in [0.2, 0.25) is 0 Å². The van der Waals surface area contributed by atoms with Crippen molar-refractivity contribution in [3.05, 3.63) is 46.5 Å². The summed E-state index contributed by atoms with van der Waals surface area (Å²) in [5.41, 5.74) is 1.39. The van der Waals surface area contributed by atoms with Gasteiger partial charge < -0.3 is 9.47 Å². The third kappa shape index (κ3) is 1.58. The number of hydrogen-bond acceptors (Lipinski definition) is 5. The highest BCUT2D eigenvalue weighted by molar-refractivity contribution is 6.28. The largest absolute Gasteiger partial charge is 0.454 e. The minimum absolute atomic E-state index is 0.120. The van der Waals surface area contributed by atoms with Crippen molar-refractivity contribution < 1.29 is 23.9 Å². The molecule has 0 amide bonds. The minimum atomic E-state index is -0.756. The summed E-state index contributed by atoms with van der Waals surface area (Å²) in [6, 6.07) is 6.71. The van der Waals surface area contributed by atoms with E-state index in [0.717, 1.165) is 0 Å². The number of carbonyl (C=O) groups is 3. The average Bonchev–Trinajstić information content (AvgIpc) is 2.83. The van der Waals surface area contributed by atoms with Crippen molar-refractivity contribution in [2.45, 2.75) is 31.7 Å². The third-order valence-electron chi connectivity index (χ3n) is 4.23. The van der Waals surface area contributed by atoms with Crippen LogP contribution in [0.5, 0.6) is 0 Å². The first kappa shape index (κ1) is 12.5. The van der Waals surface area contributed by atoms with Crippen molar-refractivity contribution in [2.24, 2.45) is 0 Å². The van der Waals surface area contributed by atoms with Crippen LogP contribution in [-0.2, 0) is 14.3 Å². The molecule has 0 bridgehead atoms. The molecule has 0 unspecified atom stereocenters. The molecule has 0 N–H and O–H groups in total. The van der Waals surface area contributed by atoms with Gasteiger partial charge in [0, 0.05) is 16.7 Å². The number of esters is 1. The summed E-state index contributed by atoms with van der Waals surface area (Å²) in [6.45, 7) is 1.73. The Kier molecular flexibility index (Phi) is 2.44. The lowest BCUT2D eigenvalue weighted by Crippen LogP contribution is -2.44. The van der Waals surface area contributed by atoms with Gasteiger partial charge in [-0.3, -0.25) is 14.4 Å². The molecular weight excluding hydrogens is 272 g/mol. The van der Waals surface area contributed by atoms with E-state index in [1.807, 2.05) is 0 Å². The number of ketones is 2. The van der Waals surface area contributed by atoms with Crippen LogP contribution in [0.4, 0.5) is 0 Å². The van der Waals surface area contributed by atoms with E-state index in [-0.39, 0.29) is 18.0 Å². The van der Waals surface area contributed by atoms with E-state index in [0.29, 0.717) is 22.3 Å². The number of carbonyl (C=O) groups excluding carboxylic acids is 3. The van der Waals surface area contributed by atoms with Gasteiger partial charge in [-0.1, -0.05) is 24.3 Å².